The Morgan fingerprint density at radius 3 is 2.52 bits per heavy atom. The second kappa shape index (κ2) is 7.49. The van der Waals surface area contributed by atoms with Gasteiger partial charge in [-0.1, -0.05) is 19.4 Å². The Morgan fingerprint density at radius 1 is 1.22 bits per heavy atom. The number of Topliss-reactive ketones (excluding diaryl/α,β-unsaturated/α-hetero) is 1. The van der Waals surface area contributed by atoms with Gasteiger partial charge in [0.2, 0.25) is 5.78 Å². The SMILES string of the molecule is CCCc1ccc(OC)c(C=C(O)C(=O)c2ccc(N)cc2)c1. The molecule has 4 heteroatoms. The second-order valence-electron chi connectivity index (χ2n) is 5.31. The highest BCUT2D eigenvalue weighted by Gasteiger charge is 2.12. The minimum Gasteiger partial charge on any atom is -0.504 e. The van der Waals surface area contributed by atoms with E-state index in [9.17, 15) is 9.90 Å². The van der Waals surface area contributed by atoms with Crippen LogP contribution in [0.15, 0.2) is 48.2 Å². The third-order valence-corrected chi connectivity index (χ3v) is 3.53. The Labute approximate surface area is 136 Å². The summed E-state index contributed by atoms with van der Waals surface area (Å²) in [6.45, 7) is 2.10. The van der Waals surface area contributed by atoms with Crippen LogP contribution in [0.25, 0.3) is 6.08 Å². The van der Waals surface area contributed by atoms with Gasteiger partial charge in [-0.2, -0.15) is 0 Å². The van der Waals surface area contributed by atoms with E-state index in [-0.39, 0.29) is 5.76 Å². The molecular weight excluding hydrogens is 290 g/mol. The van der Waals surface area contributed by atoms with Crippen LogP contribution in [0, 0.1) is 0 Å². The molecule has 0 fully saturated rings. The van der Waals surface area contributed by atoms with Gasteiger partial charge >= 0.3 is 0 Å². The van der Waals surface area contributed by atoms with E-state index in [1.165, 1.54) is 6.08 Å². The summed E-state index contributed by atoms with van der Waals surface area (Å²) in [7, 11) is 1.56. The molecule has 0 heterocycles. The predicted molar refractivity (Wildman–Crippen MR) is 92.8 cm³/mol. The fraction of sp³-hybridized carbons (Fsp3) is 0.211. The molecule has 2 aromatic rings. The average molecular weight is 311 g/mol. The van der Waals surface area contributed by atoms with Crippen LogP contribution in [0.3, 0.4) is 0 Å². The molecule has 0 radical (unpaired) electrons. The van der Waals surface area contributed by atoms with Crippen LogP contribution in [0.1, 0.15) is 34.8 Å². The molecule has 2 aromatic carbocycles. The van der Waals surface area contributed by atoms with Crippen LogP contribution in [-0.2, 0) is 6.42 Å². The Balaban J connectivity index is 2.33. The number of hydrogen-bond donors (Lipinski definition) is 2. The number of methoxy groups -OCH3 is 1. The molecule has 0 saturated heterocycles. The molecule has 0 unspecified atom stereocenters. The first-order valence-electron chi connectivity index (χ1n) is 7.53. The highest BCUT2D eigenvalue weighted by molar-refractivity contribution is 6.09. The molecule has 0 bridgehead atoms. The maximum atomic E-state index is 12.3. The number of allylic oxidation sites excluding steroid dienone is 1. The molecular formula is C19H21NO3. The van der Waals surface area contributed by atoms with Crippen molar-refractivity contribution < 1.29 is 14.6 Å². The third-order valence-electron chi connectivity index (χ3n) is 3.53. The first-order chi connectivity index (χ1) is 11.0. The van der Waals surface area contributed by atoms with Crippen LogP contribution < -0.4 is 10.5 Å². The van der Waals surface area contributed by atoms with Gasteiger partial charge in [-0.3, -0.25) is 4.79 Å². The van der Waals surface area contributed by atoms with Crippen molar-refractivity contribution in [1.82, 2.24) is 0 Å². The molecule has 0 spiro atoms. The number of carbonyl (C=O) groups excluding carboxylic acids is 1. The van der Waals surface area contributed by atoms with Gasteiger partial charge in [0.15, 0.2) is 5.76 Å². The Kier molecular flexibility index (Phi) is 5.41. The van der Waals surface area contributed by atoms with E-state index in [1.807, 2.05) is 18.2 Å². The summed E-state index contributed by atoms with van der Waals surface area (Å²) in [4.78, 5) is 12.3. The van der Waals surface area contributed by atoms with Crippen LogP contribution >= 0.6 is 0 Å². The quantitative estimate of drug-likeness (QED) is 0.366. The lowest BCUT2D eigenvalue weighted by Gasteiger charge is -2.08. The number of aliphatic hydroxyl groups excluding tert-OH is 1. The van der Waals surface area contributed by atoms with Crippen LogP contribution in [-0.4, -0.2) is 18.0 Å². The smallest absolute Gasteiger partial charge is 0.227 e. The number of aryl methyl sites for hydroxylation is 1. The molecule has 3 N–H and O–H groups in total. The topological polar surface area (TPSA) is 72.5 Å². The number of nitrogens with two attached hydrogens (primary N) is 1. The Bertz CT molecular complexity index is 718. The van der Waals surface area contributed by atoms with Crippen LogP contribution in [0.2, 0.25) is 0 Å². The van der Waals surface area contributed by atoms with Crippen LogP contribution in [0.4, 0.5) is 5.69 Å². The molecule has 0 aliphatic heterocycles. The monoisotopic (exact) mass is 311 g/mol. The molecule has 120 valence electrons. The molecule has 0 atom stereocenters. The maximum Gasteiger partial charge on any atom is 0.227 e. The molecule has 23 heavy (non-hydrogen) atoms. The number of ether oxygens (including phenoxy) is 1. The van der Waals surface area contributed by atoms with Crippen molar-refractivity contribution in [1.29, 1.82) is 0 Å². The second-order valence-corrected chi connectivity index (χ2v) is 5.31. The summed E-state index contributed by atoms with van der Waals surface area (Å²) in [5.74, 6) is -0.170. The van der Waals surface area contributed by atoms with Gasteiger partial charge in [0.05, 0.1) is 7.11 Å². The number of aliphatic hydroxyl groups is 1. The summed E-state index contributed by atoms with van der Waals surface area (Å²) in [6.07, 6.45) is 3.39. The normalized spacial score (nSPS) is 11.3. The van der Waals surface area contributed by atoms with Crippen molar-refractivity contribution in [3.8, 4) is 5.75 Å². The number of carbonyl (C=O) groups is 1. The zero-order chi connectivity index (χ0) is 16.8. The molecule has 0 aliphatic carbocycles. The number of rotatable bonds is 6. The van der Waals surface area contributed by atoms with E-state index < -0.39 is 5.78 Å². The highest BCUT2D eigenvalue weighted by atomic mass is 16.5. The molecule has 2 rings (SSSR count). The van der Waals surface area contributed by atoms with Gasteiger partial charge < -0.3 is 15.6 Å². The van der Waals surface area contributed by atoms with Crippen molar-refractivity contribution in [2.75, 3.05) is 12.8 Å². The molecule has 4 nitrogen and oxygen atoms in total. The third kappa shape index (κ3) is 4.13. The molecule has 0 saturated carbocycles. The van der Waals surface area contributed by atoms with E-state index in [1.54, 1.807) is 31.4 Å². The lowest BCUT2D eigenvalue weighted by atomic mass is 10.0. The van der Waals surface area contributed by atoms with Crippen molar-refractivity contribution in [2.45, 2.75) is 19.8 Å². The summed E-state index contributed by atoms with van der Waals surface area (Å²) < 4.78 is 5.30. The Hall–Kier alpha value is -2.75. The predicted octanol–water partition coefficient (Wildman–Crippen LogP) is 4.01. The lowest BCUT2D eigenvalue weighted by molar-refractivity contribution is 0.0980. The zero-order valence-electron chi connectivity index (χ0n) is 13.4. The fourth-order valence-electron chi connectivity index (χ4n) is 2.34. The zero-order valence-corrected chi connectivity index (χ0v) is 13.4. The van der Waals surface area contributed by atoms with Gasteiger partial charge in [0.1, 0.15) is 5.75 Å². The van der Waals surface area contributed by atoms with Crippen molar-refractivity contribution in [2.24, 2.45) is 0 Å². The first kappa shape index (κ1) is 16.6. The van der Waals surface area contributed by atoms with E-state index in [0.29, 0.717) is 22.6 Å². The minimum atomic E-state index is -0.451. The standard InChI is InChI=1S/C19H21NO3/c1-3-4-13-5-10-18(23-2)15(11-13)12-17(21)19(22)14-6-8-16(20)9-7-14/h5-12,21H,3-4,20H2,1-2H3. The van der Waals surface area contributed by atoms with E-state index in [4.69, 9.17) is 10.5 Å². The lowest BCUT2D eigenvalue weighted by Crippen LogP contribution is -2.03. The first-order valence-corrected chi connectivity index (χ1v) is 7.53. The van der Waals surface area contributed by atoms with Gasteiger partial charge in [-0.25, -0.2) is 0 Å². The van der Waals surface area contributed by atoms with Crippen molar-refractivity contribution in [3.63, 3.8) is 0 Å². The minimum absolute atomic E-state index is 0.332. The fourth-order valence-corrected chi connectivity index (χ4v) is 2.34. The van der Waals surface area contributed by atoms with Crippen molar-refractivity contribution >= 4 is 17.5 Å². The average Bonchev–Trinajstić information content (AvgIpc) is 2.55. The molecule has 0 amide bonds. The molecule has 0 aromatic heterocycles. The summed E-state index contributed by atoms with van der Waals surface area (Å²) in [5, 5.41) is 10.2. The Morgan fingerprint density at radius 2 is 1.91 bits per heavy atom. The van der Waals surface area contributed by atoms with Gasteiger partial charge in [0.25, 0.3) is 0 Å². The molecule has 0 aliphatic rings. The number of hydrogen-bond acceptors (Lipinski definition) is 4. The number of anilines is 1. The van der Waals surface area contributed by atoms with Crippen molar-refractivity contribution in [3.05, 3.63) is 64.9 Å². The number of ketones is 1. The largest absolute Gasteiger partial charge is 0.504 e. The van der Waals surface area contributed by atoms with Gasteiger partial charge in [0, 0.05) is 16.8 Å². The van der Waals surface area contributed by atoms with Gasteiger partial charge in [-0.05, 0) is 54.5 Å². The number of benzene rings is 2. The maximum absolute atomic E-state index is 12.3. The van der Waals surface area contributed by atoms with Gasteiger partial charge in [-0.15, -0.1) is 0 Å². The highest BCUT2D eigenvalue weighted by Crippen LogP contribution is 2.24. The number of nitrogen functional groups attached to an aromatic ring is 1. The summed E-state index contributed by atoms with van der Waals surface area (Å²) in [5.41, 5.74) is 8.37. The van der Waals surface area contributed by atoms with E-state index in [2.05, 4.69) is 6.92 Å². The van der Waals surface area contributed by atoms with Crippen LogP contribution in [0.5, 0.6) is 5.75 Å². The summed E-state index contributed by atoms with van der Waals surface area (Å²) >= 11 is 0. The summed E-state index contributed by atoms with van der Waals surface area (Å²) in [6, 6.07) is 12.2. The van der Waals surface area contributed by atoms with E-state index in [0.717, 1.165) is 18.4 Å². The van der Waals surface area contributed by atoms with E-state index >= 15 is 0 Å².